The lowest BCUT2D eigenvalue weighted by Gasteiger charge is -2.25. The van der Waals surface area contributed by atoms with E-state index >= 15 is 0 Å². The van der Waals surface area contributed by atoms with Crippen LogP contribution in [0.2, 0.25) is 0 Å². The molecule has 7 heteroatoms. The topological polar surface area (TPSA) is 68.8 Å². The molecule has 0 saturated carbocycles. The molecule has 6 nitrogen and oxygen atoms in total. The number of nitrogens with one attached hydrogen (secondary N) is 3. The maximum absolute atomic E-state index is 10.9. The fourth-order valence-corrected chi connectivity index (χ4v) is 3.71. The van der Waals surface area contributed by atoms with E-state index in [9.17, 15) is 4.79 Å². The highest BCUT2D eigenvalue weighted by atomic mass is 32.1. The van der Waals surface area contributed by atoms with Crippen molar-refractivity contribution in [3.8, 4) is 0 Å². The Kier molecular flexibility index (Phi) is 8.04. The van der Waals surface area contributed by atoms with Gasteiger partial charge in [0, 0.05) is 31.4 Å². The molecule has 1 aliphatic heterocycles. The summed E-state index contributed by atoms with van der Waals surface area (Å²) in [5, 5.41) is 11.5. The van der Waals surface area contributed by atoms with E-state index in [2.05, 4.69) is 45.3 Å². The van der Waals surface area contributed by atoms with E-state index in [1.165, 1.54) is 24.6 Å². The summed E-state index contributed by atoms with van der Waals surface area (Å²) in [5.74, 6) is 0.800. The summed E-state index contributed by atoms with van der Waals surface area (Å²) >= 11 is 1.81. The molecule has 0 aliphatic carbocycles. The van der Waals surface area contributed by atoms with Crippen molar-refractivity contribution in [3.05, 3.63) is 22.4 Å². The summed E-state index contributed by atoms with van der Waals surface area (Å²) in [6.07, 6.45) is 2.56. The third kappa shape index (κ3) is 6.13. The summed E-state index contributed by atoms with van der Waals surface area (Å²) in [7, 11) is 0. The Labute approximate surface area is 148 Å². The van der Waals surface area contributed by atoms with Gasteiger partial charge in [-0.1, -0.05) is 6.07 Å². The van der Waals surface area contributed by atoms with Crippen molar-refractivity contribution >= 4 is 23.2 Å². The van der Waals surface area contributed by atoms with Gasteiger partial charge in [0.2, 0.25) is 5.91 Å². The molecule has 2 heterocycles. The predicted molar refractivity (Wildman–Crippen MR) is 101 cm³/mol. The first-order valence-corrected chi connectivity index (χ1v) is 9.62. The molecule has 1 saturated heterocycles. The summed E-state index contributed by atoms with van der Waals surface area (Å²) in [5.41, 5.74) is 0. The van der Waals surface area contributed by atoms with Crippen LogP contribution in [-0.2, 0) is 4.79 Å². The van der Waals surface area contributed by atoms with Crippen molar-refractivity contribution in [3.63, 3.8) is 0 Å². The first-order valence-electron chi connectivity index (χ1n) is 8.74. The molecule has 1 unspecified atom stereocenters. The first-order chi connectivity index (χ1) is 11.7. The third-order valence-corrected chi connectivity index (χ3v) is 4.98. The quantitative estimate of drug-likeness (QED) is 0.378. The molecule has 0 aromatic carbocycles. The smallest absolute Gasteiger partial charge is 0.216 e. The van der Waals surface area contributed by atoms with Crippen LogP contribution in [0, 0.1) is 0 Å². The van der Waals surface area contributed by atoms with Crippen LogP contribution in [0.3, 0.4) is 0 Å². The molecular weight excluding hydrogens is 322 g/mol. The zero-order chi connectivity index (χ0) is 17.2. The summed E-state index contributed by atoms with van der Waals surface area (Å²) < 4.78 is 0. The number of rotatable bonds is 8. The Balaban J connectivity index is 1.94. The number of carbonyl (C=O) groups excluding carboxylic acids is 1. The Hall–Kier alpha value is -1.60. The van der Waals surface area contributed by atoms with Gasteiger partial charge in [-0.3, -0.25) is 14.7 Å². The van der Waals surface area contributed by atoms with Crippen LogP contribution in [0.5, 0.6) is 0 Å². The van der Waals surface area contributed by atoms with E-state index < -0.39 is 0 Å². The third-order valence-electron chi connectivity index (χ3n) is 4.01. The molecule has 1 atom stereocenters. The van der Waals surface area contributed by atoms with Crippen LogP contribution < -0.4 is 16.0 Å². The van der Waals surface area contributed by atoms with Crippen molar-refractivity contribution in [2.75, 3.05) is 39.3 Å². The number of thiophene rings is 1. The second kappa shape index (κ2) is 10.3. The Bertz CT molecular complexity index is 511. The number of amides is 1. The number of likely N-dealkylation sites (tertiary alicyclic amines) is 1. The SMILES string of the molecule is CCNC(=NCC(c1cccs1)N1CCCC1)NCCNC(C)=O. The van der Waals surface area contributed by atoms with Crippen molar-refractivity contribution in [1.82, 2.24) is 20.9 Å². The largest absolute Gasteiger partial charge is 0.357 e. The number of hydrogen-bond acceptors (Lipinski definition) is 4. The van der Waals surface area contributed by atoms with Gasteiger partial charge in [0.05, 0.1) is 12.6 Å². The number of hydrogen-bond donors (Lipinski definition) is 3. The number of carbonyl (C=O) groups is 1. The Morgan fingerprint density at radius 2 is 2.04 bits per heavy atom. The van der Waals surface area contributed by atoms with E-state index in [0.29, 0.717) is 19.1 Å². The summed E-state index contributed by atoms with van der Waals surface area (Å²) in [6, 6.07) is 4.68. The molecule has 1 aliphatic rings. The van der Waals surface area contributed by atoms with Crippen LogP contribution in [0.4, 0.5) is 0 Å². The van der Waals surface area contributed by atoms with E-state index in [0.717, 1.165) is 32.1 Å². The zero-order valence-corrected chi connectivity index (χ0v) is 15.5. The van der Waals surface area contributed by atoms with Crippen molar-refractivity contribution in [2.24, 2.45) is 4.99 Å². The van der Waals surface area contributed by atoms with Crippen LogP contribution >= 0.6 is 11.3 Å². The molecule has 1 amide bonds. The molecule has 134 valence electrons. The molecular formula is C17H29N5OS. The highest BCUT2D eigenvalue weighted by molar-refractivity contribution is 7.10. The minimum absolute atomic E-state index is 0.00877. The van der Waals surface area contributed by atoms with Gasteiger partial charge in [-0.25, -0.2) is 0 Å². The standard InChI is InChI=1S/C17H29N5OS/c1-3-18-17(20-9-8-19-14(2)23)21-13-15(16-7-6-12-24-16)22-10-4-5-11-22/h6-7,12,15H,3-5,8-11,13H2,1-2H3,(H,19,23)(H2,18,20,21). The first kappa shape index (κ1) is 18.7. The van der Waals surface area contributed by atoms with Crippen LogP contribution in [-0.4, -0.2) is 56.0 Å². The maximum Gasteiger partial charge on any atom is 0.216 e. The second-order valence-corrected chi connectivity index (χ2v) is 6.88. The second-order valence-electron chi connectivity index (χ2n) is 5.90. The lowest BCUT2D eigenvalue weighted by atomic mass is 10.2. The van der Waals surface area contributed by atoms with Gasteiger partial charge in [0.15, 0.2) is 5.96 Å². The molecule has 0 bridgehead atoms. The minimum Gasteiger partial charge on any atom is -0.357 e. The maximum atomic E-state index is 10.9. The van der Waals surface area contributed by atoms with Gasteiger partial charge in [-0.15, -0.1) is 11.3 Å². The molecule has 0 radical (unpaired) electrons. The average molecular weight is 352 g/mol. The summed E-state index contributed by atoms with van der Waals surface area (Å²) in [4.78, 5) is 19.6. The Morgan fingerprint density at radius 3 is 2.67 bits per heavy atom. The van der Waals surface area contributed by atoms with Gasteiger partial charge < -0.3 is 16.0 Å². The van der Waals surface area contributed by atoms with E-state index in [1.54, 1.807) is 0 Å². The lowest BCUT2D eigenvalue weighted by Crippen LogP contribution is -2.41. The molecule has 2 rings (SSSR count). The number of aliphatic imine (C=N–C) groups is 1. The Morgan fingerprint density at radius 1 is 1.29 bits per heavy atom. The average Bonchev–Trinajstić information content (AvgIpc) is 3.25. The van der Waals surface area contributed by atoms with Crippen molar-refractivity contribution in [1.29, 1.82) is 0 Å². The normalized spacial score (nSPS) is 16.8. The van der Waals surface area contributed by atoms with Gasteiger partial charge in [-0.05, 0) is 44.3 Å². The summed E-state index contributed by atoms with van der Waals surface area (Å²) in [6.45, 7) is 8.73. The fraction of sp³-hybridized carbons (Fsp3) is 0.647. The minimum atomic E-state index is -0.00877. The van der Waals surface area contributed by atoms with Crippen molar-refractivity contribution in [2.45, 2.75) is 32.7 Å². The predicted octanol–water partition coefficient (Wildman–Crippen LogP) is 1.58. The van der Waals surface area contributed by atoms with Crippen LogP contribution in [0.15, 0.2) is 22.5 Å². The molecule has 1 aromatic heterocycles. The van der Waals surface area contributed by atoms with Gasteiger partial charge in [0.1, 0.15) is 0 Å². The van der Waals surface area contributed by atoms with E-state index in [1.807, 2.05) is 11.3 Å². The van der Waals surface area contributed by atoms with Crippen molar-refractivity contribution < 1.29 is 4.79 Å². The van der Waals surface area contributed by atoms with Crippen LogP contribution in [0.25, 0.3) is 0 Å². The molecule has 1 fully saturated rings. The lowest BCUT2D eigenvalue weighted by molar-refractivity contribution is -0.118. The molecule has 3 N–H and O–H groups in total. The molecule has 1 aromatic rings. The monoisotopic (exact) mass is 351 g/mol. The highest BCUT2D eigenvalue weighted by Crippen LogP contribution is 2.28. The molecule has 24 heavy (non-hydrogen) atoms. The number of guanidine groups is 1. The van der Waals surface area contributed by atoms with Crippen LogP contribution in [0.1, 0.15) is 37.6 Å². The van der Waals surface area contributed by atoms with Gasteiger partial charge >= 0.3 is 0 Å². The van der Waals surface area contributed by atoms with Gasteiger partial charge in [-0.2, -0.15) is 0 Å². The number of nitrogens with zero attached hydrogens (tertiary/aromatic N) is 2. The van der Waals surface area contributed by atoms with E-state index in [-0.39, 0.29) is 5.91 Å². The fourth-order valence-electron chi connectivity index (χ4n) is 2.86. The van der Waals surface area contributed by atoms with E-state index in [4.69, 9.17) is 4.99 Å². The van der Waals surface area contributed by atoms with Gasteiger partial charge in [0.25, 0.3) is 0 Å². The highest BCUT2D eigenvalue weighted by Gasteiger charge is 2.24. The molecule has 0 spiro atoms. The zero-order valence-electron chi connectivity index (χ0n) is 14.7.